The fourth-order valence-electron chi connectivity index (χ4n) is 2.11. The molecule has 14 heavy (non-hydrogen) atoms. The molecular weight excluding hydrogens is 238 g/mol. The summed E-state index contributed by atoms with van der Waals surface area (Å²) in [5, 5.41) is 0. The van der Waals surface area contributed by atoms with E-state index in [2.05, 4.69) is 30.3 Å². The first-order chi connectivity index (χ1) is 6.45. The van der Waals surface area contributed by atoms with Crippen molar-refractivity contribution < 1.29 is 21.9 Å². The third kappa shape index (κ3) is 3.43. The molecular formula is C12H18BrN. The van der Waals surface area contributed by atoms with Gasteiger partial charge in [-0.25, -0.2) is 0 Å². The summed E-state index contributed by atoms with van der Waals surface area (Å²) in [5.41, 5.74) is 1.49. The van der Waals surface area contributed by atoms with Crippen molar-refractivity contribution in [2.24, 2.45) is 0 Å². The van der Waals surface area contributed by atoms with Gasteiger partial charge in [-0.1, -0.05) is 30.3 Å². The Morgan fingerprint density at radius 2 is 1.57 bits per heavy atom. The normalized spacial score (nSPS) is 17.4. The van der Waals surface area contributed by atoms with Gasteiger partial charge in [-0.15, -0.1) is 0 Å². The molecule has 0 unspecified atom stereocenters. The summed E-state index contributed by atoms with van der Waals surface area (Å²) < 4.78 is 0. The van der Waals surface area contributed by atoms with Gasteiger partial charge < -0.3 is 21.9 Å². The van der Waals surface area contributed by atoms with Crippen molar-refractivity contribution in [3.63, 3.8) is 0 Å². The van der Waals surface area contributed by atoms with Crippen molar-refractivity contribution in [2.45, 2.75) is 25.8 Å². The average Bonchev–Trinajstić information content (AvgIpc) is 2.21. The summed E-state index contributed by atoms with van der Waals surface area (Å²) in [6, 6.07) is 10.8. The molecule has 0 spiro atoms. The minimum atomic E-state index is 0. The van der Waals surface area contributed by atoms with Crippen LogP contribution >= 0.6 is 0 Å². The summed E-state index contributed by atoms with van der Waals surface area (Å²) in [4.78, 5) is 1.76. The van der Waals surface area contributed by atoms with E-state index in [-0.39, 0.29) is 17.0 Å². The standard InChI is InChI=1S/C12H17N.BrH/c1-3-7-12(8-4-1)11-13-9-5-2-6-10-13;/h1,3-4,7-8H,2,5-6,9-11H2;1H. The smallest absolute Gasteiger partial charge is 0.103 e. The van der Waals surface area contributed by atoms with Crippen LogP contribution in [0.4, 0.5) is 0 Å². The lowest BCUT2D eigenvalue weighted by Gasteiger charge is -2.23. The molecule has 2 rings (SSSR count). The van der Waals surface area contributed by atoms with E-state index in [1.165, 1.54) is 44.5 Å². The van der Waals surface area contributed by atoms with Crippen molar-refractivity contribution in [3.05, 3.63) is 35.9 Å². The molecule has 0 radical (unpaired) electrons. The van der Waals surface area contributed by atoms with Gasteiger partial charge in [-0.05, 0) is 19.3 Å². The van der Waals surface area contributed by atoms with E-state index in [4.69, 9.17) is 0 Å². The zero-order valence-electron chi connectivity index (χ0n) is 8.51. The highest BCUT2D eigenvalue weighted by Crippen LogP contribution is 1.99. The van der Waals surface area contributed by atoms with E-state index < -0.39 is 0 Å². The lowest BCUT2D eigenvalue weighted by atomic mass is 10.1. The predicted octanol–water partition coefficient (Wildman–Crippen LogP) is -1.74. The van der Waals surface area contributed by atoms with Gasteiger partial charge >= 0.3 is 0 Å². The van der Waals surface area contributed by atoms with Crippen LogP contribution in [0, 0.1) is 0 Å². The number of halogens is 1. The number of quaternary nitrogens is 1. The van der Waals surface area contributed by atoms with Gasteiger partial charge in [-0.2, -0.15) is 0 Å². The second-order valence-electron chi connectivity index (χ2n) is 3.97. The molecule has 1 aromatic rings. The van der Waals surface area contributed by atoms with Crippen LogP contribution in [0.1, 0.15) is 24.8 Å². The molecule has 0 aliphatic carbocycles. The van der Waals surface area contributed by atoms with Crippen LogP contribution in [0.5, 0.6) is 0 Å². The Morgan fingerprint density at radius 3 is 2.21 bits per heavy atom. The van der Waals surface area contributed by atoms with Gasteiger partial charge in [0, 0.05) is 5.56 Å². The molecule has 1 aliphatic rings. The van der Waals surface area contributed by atoms with Crippen LogP contribution in [0.3, 0.4) is 0 Å². The third-order valence-corrected chi connectivity index (χ3v) is 2.86. The molecule has 1 nitrogen and oxygen atoms in total. The number of benzene rings is 1. The topological polar surface area (TPSA) is 4.44 Å². The van der Waals surface area contributed by atoms with Gasteiger partial charge in [0.1, 0.15) is 6.54 Å². The van der Waals surface area contributed by atoms with Crippen LogP contribution in [-0.2, 0) is 6.54 Å². The highest BCUT2D eigenvalue weighted by molar-refractivity contribution is 5.13. The fourth-order valence-corrected chi connectivity index (χ4v) is 2.11. The van der Waals surface area contributed by atoms with Gasteiger partial charge in [0.15, 0.2) is 0 Å². The zero-order valence-corrected chi connectivity index (χ0v) is 10.1. The quantitative estimate of drug-likeness (QED) is 0.641. The summed E-state index contributed by atoms with van der Waals surface area (Å²) in [7, 11) is 0. The van der Waals surface area contributed by atoms with Crippen LogP contribution in [-0.4, -0.2) is 13.1 Å². The van der Waals surface area contributed by atoms with Crippen LogP contribution in [0.25, 0.3) is 0 Å². The summed E-state index contributed by atoms with van der Waals surface area (Å²) in [5.74, 6) is 0. The van der Waals surface area contributed by atoms with E-state index in [1.54, 1.807) is 4.90 Å². The van der Waals surface area contributed by atoms with E-state index >= 15 is 0 Å². The lowest BCUT2D eigenvalue weighted by Crippen LogP contribution is -3.11. The van der Waals surface area contributed by atoms with E-state index in [1.807, 2.05) is 0 Å². The monoisotopic (exact) mass is 255 g/mol. The summed E-state index contributed by atoms with van der Waals surface area (Å²) >= 11 is 0. The molecule has 0 bridgehead atoms. The van der Waals surface area contributed by atoms with Crippen LogP contribution < -0.4 is 21.9 Å². The van der Waals surface area contributed by atoms with Crippen molar-refractivity contribution in [3.8, 4) is 0 Å². The van der Waals surface area contributed by atoms with Crippen molar-refractivity contribution in [1.82, 2.24) is 0 Å². The maximum atomic E-state index is 2.24. The number of nitrogens with one attached hydrogen (secondary N) is 1. The Bertz CT molecular complexity index is 242. The number of hydrogen-bond acceptors (Lipinski definition) is 0. The molecule has 0 aromatic heterocycles. The Balaban J connectivity index is 0.000000980. The molecule has 1 aliphatic heterocycles. The highest BCUT2D eigenvalue weighted by atomic mass is 79.9. The first kappa shape index (κ1) is 11.7. The Morgan fingerprint density at radius 1 is 0.929 bits per heavy atom. The lowest BCUT2D eigenvalue weighted by molar-refractivity contribution is -0.918. The molecule has 2 heteroatoms. The van der Waals surface area contributed by atoms with E-state index in [9.17, 15) is 0 Å². The number of piperidine rings is 1. The molecule has 1 heterocycles. The van der Waals surface area contributed by atoms with Crippen LogP contribution in [0.15, 0.2) is 30.3 Å². The largest absolute Gasteiger partial charge is 1.00 e. The van der Waals surface area contributed by atoms with E-state index in [0.29, 0.717) is 0 Å². The Labute approximate surface area is 96.9 Å². The summed E-state index contributed by atoms with van der Waals surface area (Å²) in [6.07, 6.45) is 4.28. The Kier molecular flexibility index (Phi) is 5.20. The average molecular weight is 256 g/mol. The second kappa shape index (κ2) is 6.20. The van der Waals surface area contributed by atoms with Crippen molar-refractivity contribution >= 4 is 0 Å². The van der Waals surface area contributed by atoms with Crippen LogP contribution in [0.2, 0.25) is 0 Å². The molecule has 1 N–H and O–H groups in total. The molecule has 1 fully saturated rings. The first-order valence-electron chi connectivity index (χ1n) is 5.32. The van der Waals surface area contributed by atoms with Crippen molar-refractivity contribution in [2.75, 3.05) is 13.1 Å². The fraction of sp³-hybridized carbons (Fsp3) is 0.500. The number of hydrogen-bond donors (Lipinski definition) is 1. The minimum absolute atomic E-state index is 0. The molecule has 0 amide bonds. The molecule has 0 atom stereocenters. The van der Waals surface area contributed by atoms with Gasteiger partial charge in [0.25, 0.3) is 0 Å². The Hall–Kier alpha value is -0.340. The second-order valence-corrected chi connectivity index (χ2v) is 3.97. The molecule has 1 aromatic carbocycles. The molecule has 1 saturated heterocycles. The predicted molar refractivity (Wildman–Crippen MR) is 54.7 cm³/mol. The van der Waals surface area contributed by atoms with Crippen molar-refractivity contribution in [1.29, 1.82) is 0 Å². The van der Waals surface area contributed by atoms with E-state index in [0.717, 1.165) is 0 Å². The maximum Gasteiger partial charge on any atom is 0.103 e. The molecule has 78 valence electrons. The van der Waals surface area contributed by atoms with Gasteiger partial charge in [-0.3, -0.25) is 0 Å². The number of likely N-dealkylation sites (tertiary alicyclic amines) is 1. The zero-order chi connectivity index (χ0) is 8.93. The third-order valence-electron chi connectivity index (χ3n) is 2.86. The number of rotatable bonds is 2. The SMILES string of the molecule is [Br-].c1ccc(C[NH+]2CCCCC2)cc1. The highest BCUT2D eigenvalue weighted by Gasteiger charge is 2.12. The summed E-state index contributed by atoms with van der Waals surface area (Å²) in [6.45, 7) is 3.96. The molecule has 0 saturated carbocycles. The van der Waals surface area contributed by atoms with Gasteiger partial charge in [0.05, 0.1) is 13.1 Å². The van der Waals surface area contributed by atoms with Gasteiger partial charge in [0.2, 0.25) is 0 Å². The minimum Gasteiger partial charge on any atom is -1.00 e. The first-order valence-corrected chi connectivity index (χ1v) is 5.32. The maximum absolute atomic E-state index is 2.24.